The lowest BCUT2D eigenvalue weighted by Crippen LogP contribution is -2.13. The molecule has 1 aromatic carbocycles. The van der Waals surface area contributed by atoms with Crippen LogP contribution in [0.2, 0.25) is 0 Å². The molecule has 1 nitrogen and oxygen atoms in total. The van der Waals surface area contributed by atoms with Crippen LogP contribution in [0.1, 0.15) is 28.3 Å². The standard InChI is InChI=1S/C14H16INS/c1-2-10-7-8-11(17-10)9-14(16)12-5-3-4-6-13(12)15/h3-8,14H,2,9,16H2,1H3. The van der Waals surface area contributed by atoms with Gasteiger partial charge in [0.05, 0.1) is 0 Å². The summed E-state index contributed by atoms with van der Waals surface area (Å²) in [6.45, 7) is 2.19. The molecule has 1 heterocycles. The summed E-state index contributed by atoms with van der Waals surface area (Å²) >= 11 is 4.23. The zero-order valence-corrected chi connectivity index (χ0v) is 12.8. The zero-order valence-electron chi connectivity index (χ0n) is 9.82. The molecular formula is C14H16INS. The van der Waals surface area contributed by atoms with Gasteiger partial charge in [0.2, 0.25) is 0 Å². The van der Waals surface area contributed by atoms with Crippen molar-refractivity contribution in [2.75, 3.05) is 0 Å². The Morgan fingerprint density at radius 1 is 1.18 bits per heavy atom. The molecule has 0 radical (unpaired) electrons. The number of thiophene rings is 1. The van der Waals surface area contributed by atoms with E-state index in [-0.39, 0.29) is 6.04 Å². The summed E-state index contributed by atoms with van der Waals surface area (Å²) in [6.07, 6.45) is 2.05. The van der Waals surface area contributed by atoms with Crippen molar-refractivity contribution in [1.82, 2.24) is 0 Å². The molecule has 1 unspecified atom stereocenters. The molecule has 0 aliphatic heterocycles. The third kappa shape index (κ3) is 3.30. The average molecular weight is 357 g/mol. The minimum Gasteiger partial charge on any atom is -0.324 e. The highest BCUT2D eigenvalue weighted by Crippen LogP contribution is 2.25. The summed E-state index contributed by atoms with van der Waals surface area (Å²) in [6, 6.07) is 12.9. The van der Waals surface area contributed by atoms with Gasteiger partial charge in [-0.2, -0.15) is 0 Å². The van der Waals surface area contributed by atoms with Gasteiger partial charge in [-0.1, -0.05) is 25.1 Å². The van der Waals surface area contributed by atoms with Crippen LogP contribution >= 0.6 is 33.9 Å². The molecule has 1 atom stereocenters. The first kappa shape index (κ1) is 13.1. The van der Waals surface area contributed by atoms with Gasteiger partial charge in [-0.05, 0) is 52.8 Å². The highest BCUT2D eigenvalue weighted by atomic mass is 127. The monoisotopic (exact) mass is 357 g/mol. The third-order valence-electron chi connectivity index (χ3n) is 2.79. The Morgan fingerprint density at radius 3 is 2.53 bits per heavy atom. The largest absolute Gasteiger partial charge is 0.324 e. The summed E-state index contributed by atoms with van der Waals surface area (Å²) in [5.74, 6) is 0. The summed E-state index contributed by atoms with van der Waals surface area (Å²) in [5, 5.41) is 0. The van der Waals surface area contributed by atoms with Gasteiger partial charge in [-0.15, -0.1) is 11.3 Å². The van der Waals surface area contributed by atoms with Crippen molar-refractivity contribution >= 4 is 33.9 Å². The van der Waals surface area contributed by atoms with Crippen LogP contribution in [0.4, 0.5) is 0 Å². The Hall–Kier alpha value is -0.390. The van der Waals surface area contributed by atoms with Crippen LogP contribution in [0.5, 0.6) is 0 Å². The number of rotatable bonds is 4. The van der Waals surface area contributed by atoms with Gasteiger partial charge in [0.15, 0.2) is 0 Å². The highest BCUT2D eigenvalue weighted by molar-refractivity contribution is 14.1. The minimum atomic E-state index is 0.103. The highest BCUT2D eigenvalue weighted by Gasteiger charge is 2.11. The molecule has 2 N–H and O–H groups in total. The summed E-state index contributed by atoms with van der Waals surface area (Å²) in [4.78, 5) is 2.82. The van der Waals surface area contributed by atoms with Gasteiger partial charge in [-0.25, -0.2) is 0 Å². The van der Waals surface area contributed by atoms with Crippen molar-refractivity contribution in [2.45, 2.75) is 25.8 Å². The van der Waals surface area contributed by atoms with Crippen LogP contribution in [0.25, 0.3) is 0 Å². The molecule has 0 aliphatic carbocycles. The predicted molar refractivity (Wildman–Crippen MR) is 83.5 cm³/mol. The number of nitrogens with two attached hydrogens (primary N) is 1. The number of hydrogen-bond donors (Lipinski definition) is 1. The lowest BCUT2D eigenvalue weighted by Gasteiger charge is -2.12. The van der Waals surface area contributed by atoms with Gasteiger partial charge in [0.25, 0.3) is 0 Å². The first-order chi connectivity index (χ1) is 8.20. The van der Waals surface area contributed by atoms with Crippen LogP contribution in [0.15, 0.2) is 36.4 Å². The van der Waals surface area contributed by atoms with E-state index in [1.807, 2.05) is 11.3 Å². The Bertz CT molecular complexity index is 492. The molecule has 90 valence electrons. The van der Waals surface area contributed by atoms with E-state index in [9.17, 15) is 0 Å². The van der Waals surface area contributed by atoms with Gasteiger partial charge in [-0.3, -0.25) is 0 Å². The topological polar surface area (TPSA) is 26.0 Å². The summed E-state index contributed by atoms with van der Waals surface area (Å²) in [7, 11) is 0. The van der Waals surface area contributed by atoms with Crippen molar-refractivity contribution in [3.63, 3.8) is 0 Å². The second-order valence-electron chi connectivity index (χ2n) is 4.05. The lowest BCUT2D eigenvalue weighted by atomic mass is 10.0. The van der Waals surface area contributed by atoms with Crippen molar-refractivity contribution in [1.29, 1.82) is 0 Å². The van der Waals surface area contributed by atoms with Crippen molar-refractivity contribution in [2.24, 2.45) is 5.73 Å². The van der Waals surface area contributed by atoms with E-state index < -0.39 is 0 Å². The minimum absolute atomic E-state index is 0.103. The maximum atomic E-state index is 6.28. The van der Waals surface area contributed by atoms with E-state index in [1.165, 1.54) is 18.9 Å². The number of halogens is 1. The molecule has 2 aromatic rings. The maximum Gasteiger partial charge on any atom is 0.0354 e. The van der Waals surface area contributed by atoms with Gasteiger partial charge >= 0.3 is 0 Å². The molecule has 3 heteroatoms. The second kappa shape index (κ2) is 5.98. The van der Waals surface area contributed by atoms with Gasteiger partial charge in [0.1, 0.15) is 0 Å². The summed E-state index contributed by atoms with van der Waals surface area (Å²) < 4.78 is 1.25. The molecule has 0 amide bonds. The SMILES string of the molecule is CCc1ccc(CC(N)c2ccccc2I)s1. The molecule has 17 heavy (non-hydrogen) atoms. The van der Waals surface area contributed by atoms with E-state index in [0.29, 0.717) is 0 Å². The van der Waals surface area contributed by atoms with Gasteiger partial charge in [0, 0.05) is 25.8 Å². The van der Waals surface area contributed by atoms with E-state index in [0.717, 1.165) is 12.8 Å². The predicted octanol–water partition coefficient (Wildman–Crippen LogP) is 4.16. The molecule has 2 rings (SSSR count). The molecular weight excluding hydrogens is 341 g/mol. The fourth-order valence-corrected chi connectivity index (χ4v) is 3.63. The third-order valence-corrected chi connectivity index (χ3v) is 5.03. The van der Waals surface area contributed by atoms with Crippen LogP contribution in [0, 0.1) is 3.57 Å². The van der Waals surface area contributed by atoms with E-state index in [2.05, 4.69) is 65.9 Å². The first-order valence-electron chi connectivity index (χ1n) is 5.78. The van der Waals surface area contributed by atoms with Crippen molar-refractivity contribution in [3.05, 3.63) is 55.3 Å². The molecule has 0 spiro atoms. The van der Waals surface area contributed by atoms with E-state index in [1.54, 1.807) is 0 Å². The first-order valence-corrected chi connectivity index (χ1v) is 7.67. The van der Waals surface area contributed by atoms with Crippen molar-refractivity contribution in [3.8, 4) is 0 Å². The Labute approximate surface area is 120 Å². The lowest BCUT2D eigenvalue weighted by molar-refractivity contribution is 0.726. The zero-order chi connectivity index (χ0) is 12.3. The molecule has 0 bridgehead atoms. The normalized spacial score (nSPS) is 12.6. The average Bonchev–Trinajstić information content (AvgIpc) is 2.77. The number of hydrogen-bond acceptors (Lipinski definition) is 2. The Kier molecular flexibility index (Phi) is 4.59. The molecule has 0 fully saturated rings. The fourth-order valence-electron chi connectivity index (χ4n) is 1.82. The number of benzene rings is 1. The molecule has 1 aromatic heterocycles. The fraction of sp³-hybridized carbons (Fsp3) is 0.286. The van der Waals surface area contributed by atoms with Crippen molar-refractivity contribution < 1.29 is 0 Å². The second-order valence-corrected chi connectivity index (χ2v) is 6.47. The van der Waals surface area contributed by atoms with Crippen LogP contribution in [-0.4, -0.2) is 0 Å². The van der Waals surface area contributed by atoms with E-state index in [4.69, 9.17) is 5.73 Å². The maximum absolute atomic E-state index is 6.28. The van der Waals surface area contributed by atoms with Gasteiger partial charge < -0.3 is 5.73 Å². The summed E-state index contributed by atoms with van der Waals surface area (Å²) in [5.41, 5.74) is 7.53. The molecule has 0 saturated heterocycles. The molecule has 0 aliphatic rings. The number of aryl methyl sites for hydroxylation is 1. The van der Waals surface area contributed by atoms with Crippen LogP contribution < -0.4 is 5.73 Å². The molecule has 0 saturated carbocycles. The smallest absolute Gasteiger partial charge is 0.0354 e. The quantitative estimate of drug-likeness (QED) is 0.817. The van der Waals surface area contributed by atoms with E-state index >= 15 is 0 Å². The Balaban J connectivity index is 2.11. The van der Waals surface area contributed by atoms with Crippen LogP contribution in [-0.2, 0) is 12.8 Å². The van der Waals surface area contributed by atoms with Crippen LogP contribution in [0.3, 0.4) is 0 Å². The Morgan fingerprint density at radius 2 is 1.88 bits per heavy atom.